The Hall–Kier alpha value is -0.670. The molecular formula is C12H19NOS. The van der Waals surface area contributed by atoms with Gasteiger partial charge in [-0.3, -0.25) is 0 Å². The second kappa shape index (κ2) is 5.42. The number of hydrogen-bond acceptors (Lipinski definition) is 3. The van der Waals surface area contributed by atoms with Gasteiger partial charge in [-0.1, -0.05) is 13.8 Å². The molecule has 1 rings (SSSR count). The Kier molecular flexibility index (Phi) is 4.48. The highest BCUT2D eigenvalue weighted by molar-refractivity contribution is 7.99. The van der Waals surface area contributed by atoms with Gasteiger partial charge < -0.3 is 10.5 Å². The predicted octanol–water partition coefficient (Wildman–Crippen LogP) is 2.77. The minimum Gasteiger partial charge on any atom is -0.497 e. The Balaban J connectivity index is 2.51. The van der Waals surface area contributed by atoms with Crippen molar-refractivity contribution in [3.05, 3.63) is 24.3 Å². The van der Waals surface area contributed by atoms with Crippen LogP contribution in [0.15, 0.2) is 29.2 Å². The van der Waals surface area contributed by atoms with Crippen LogP contribution in [-0.2, 0) is 0 Å². The van der Waals surface area contributed by atoms with Gasteiger partial charge >= 0.3 is 0 Å². The van der Waals surface area contributed by atoms with Crippen molar-refractivity contribution in [3.8, 4) is 5.75 Å². The second-order valence-corrected chi connectivity index (χ2v) is 5.38. The molecule has 1 aromatic carbocycles. The zero-order valence-corrected chi connectivity index (χ0v) is 10.4. The van der Waals surface area contributed by atoms with Gasteiger partial charge in [0.15, 0.2) is 0 Å². The molecule has 0 atom stereocenters. The first kappa shape index (κ1) is 12.4. The summed E-state index contributed by atoms with van der Waals surface area (Å²) in [7, 11) is 1.68. The fourth-order valence-electron chi connectivity index (χ4n) is 1.01. The summed E-state index contributed by atoms with van der Waals surface area (Å²) in [5.74, 6) is 1.94. The van der Waals surface area contributed by atoms with E-state index in [1.54, 1.807) is 7.11 Å². The molecule has 0 radical (unpaired) electrons. The minimum absolute atomic E-state index is 0.199. The number of hydrogen-bond donors (Lipinski definition) is 1. The van der Waals surface area contributed by atoms with Crippen molar-refractivity contribution in [2.24, 2.45) is 11.1 Å². The first-order valence-corrected chi connectivity index (χ1v) is 6.03. The summed E-state index contributed by atoms with van der Waals surface area (Å²) in [4.78, 5) is 1.26. The normalized spacial score (nSPS) is 11.5. The van der Waals surface area contributed by atoms with E-state index < -0.39 is 0 Å². The largest absolute Gasteiger partial charge is 0.497 e. The van der Waals surface area contributed by atoms with Crippen LogP contribution in [0.2, 0.25) is 0 Å². The minimum atomic E-state index is 0.199. The van der Waals surface area contributed by atoms with E-state index in [9.17, 15) is 0 Å². The fourth-order valence-corrected chi connectivity index (χ4v) is 2.01. The molecule has 2 nitrogen and oxygen atoms in total. The molecule has 0 amide bonds. The van der Waals surface area contributed by atoms with Gasteiger partial charge in [-0.05, 0) is 36.2 Å². The van der Waals surface area contributed by atoms with Gasteiger partial charge in [0.1, 0.15) is 5.75 Å². The summed E-state index contributed by atoms with van der Waals surface area (Å²) in [6.45, 7) is 5.09. The molecule has 0 aliphatic rings. The Morgan fingerprint density at radius 2 is 1.87 bits per heavy atom. The van der Waals surface area contributed by atoms with Crippen LogP contribution in [0.4, 0.5) is 0 Å². The fraction of sp³-hybridized carbons (Fsp3) is 0.500. The van der Waals surface area contributed by atoms with Crippen molar-refractivity contribution >= 4 is 11.8 Å². The highest BCUT2D eigenvalue weighted by Gasteiger charge is 2.15. The second-order valence-electron chi connectivity index (χ2n) is 4.33. The molecular weight excluding hydrogens is 206 g/mol. The highest BCUT2D eigenvalue weighted by atomic mass is 32.2. The molecule has 0 saturated heterocycles. The SMILES string of the molecule is COc1ccc(SCC(C)(C)CN)cc1. The van der Waals surface area contributed by atoms with Gasteiger partial charge in [0.25, 0.3) is 0 Å². The monoisotopic (exact) mass is 225 g/mol. The van der Waals surface area contributed by atoms with Gasteiger partial charge in [0, 0.05) is 10.6 Å². The molecule has 84 valence electrons. The summed E-state index contributed by atoms with van der Waals surface area (Å²) >= 11 is 1.84. The predicted molar refractivity (Wildman–Crippen MR) is 66.6 cm³/mol. The summed E-state index contributed by atoms with van der Waals surface area (Å²) in [5, 5.41) is 0. The lowest BCUT2D eigenvalue weighted by molar-refractivity contribution is 0.414. The molecule has 0 aromatic heterocycles. The first-order valence-electron chi connectivity index (χ1n) is 5.04. The van der Waals surface area contributed by atoms with Crippen LogP contribution in [0.3, 0.4) is 0 Å². The third kappa shape index (κ3) is 4.14. The van der Waals surface area contributed by atoms with Crippen LogP contribution in [0, 0.1) is 5.41 Å². The maximum absolute atomic E-state index is 5.68. The molecule has 0 unspecified atom stereocenters. The molecule has 0 spiro atoms. The molecule has 0 bridgehead atoms. The molecule has 0 heterocycles. The van der Waals surface area contributed by atoms with Crippen molar-refractivity contribution in [1.29, 1.82) is 0 Å². The van der Waals surface area contributed by atoms with Crippen LogP contribution in [-0.4, -0.2) is 19.4 Å². The summed E-state index contributed by atoms with van der Waals surface area (Å²) in [6.07, 6.45) is 0. The van der Waals surface area contributed by atoms with Gasteiger partial charge in [0.2, 0.25) is 0 Å². The van der Waals surface area contributed by atoms with Crippen molar-refractivity contribution in [2.45, 2.75) is 18.7 Å². The number of methoxy groups -OCH3 is 1. The van der Waals surface area contributed by atoms with E-state index in [0.717, 1.165) is 18.0 Å². The van der Waals surface area contributed by atoms with Gasteiger partial charge in [-0.2, -0.15) is 0 Å². The Labute approximate surface area is 96.2 Å². The van der Waals surface area contributed by atoms with Gasteiger partial charge in [-0.25, -0.2) is 0 Å². The number of benzene rings is 1. The third-order valence-electron chi connectivity index (χ3n) is 2.24. The Morgan fingerprint density at radius 1 is 1.27 bits per heavy atom. The molecule has 0 saturated carbocycles. The van der Waals surface area contributed by atoms with Gasteiger partial charge in [0.05, 0.1) is 7.11 Å². The van der Waals surface area contributed by atoms with E-state index in [0.29, 0.717) is 0 Å². The van der Waals surface area contributed by atoms with Crippen molar-refractivity contribution in [3.63, 3.8) is 0 Å². The number of ether oxygens (including phenoxy) is 1. The lowest BCUT2D eigenvalue weighted by atomic mass is 9.97. The molecule has 3 heteroatoms. The highest BCUT2D eigenvalue weighted by Crippen LogP contribution is 2.27. The summed E-state index contributed by atoms with van der Waals surface area (Å²) in [6, 6.07) is 8.13. The molecule has 0 aliphatic heterocycles. The molecule has 1 aromatic rings. The van der Waals surface area contributed by atoms with Crippen molar-refractivity contribution in [1.82, 2.24) is 0 Å². The lowest BCUT2D eigenvalue weighted by Crippen LogP contribution is -2.25. The van der Waals surface area contributed by atoms with E-state index in [1.807, 2.05) is 23.9 Å². The van der Waals surface area contributed by atoms with Crippen LogP contribution < -0.4 is 10.5 Å². The van der Waals surface area contributed by atoms with E-state index in [4.69, 9.17) is 10.5 Å². The first-order chi connectivity index (χ1) is 7.07. The number of rotatable bonds is 5. The van der Waals surface area contributed by atoms with Gasteiger partial charge in [-0.15, -0.1) is 11.8 Å². The quantitative estimate of drug-likeness (QED) is 0.783. The maximum Gasteiger partial charge on any atom is 0.118 e. The van der Waals surface area contributed by atoms with Crippen molar-refractivity contribution in [2.75, 3.05) is 19.4 Å². The van der Waals surface area contributed by atoms with Crippen molar-refractivity contribution < 1.29 is 4.74 Å². The van der Waals surface area contributed by atoms with E-state index >= 15 is 0 Å². The zero-order chi connectivity index (χ0) is 11.3. The van der Waals surface area contributed by atoms with Crippen LogP contribution in [0.5, 0.6) is 5.75 Å². The average Bonchev–Trinajstić information content (AvgIpc) is 2.27. The van der Waals surface area contributed by atoms with Crippen LogP contribution >= 0.6 is 11.8 Å². The van der Waals surface area contributed by atoms with E-state index in [-0.39, 0.29) is 5.41 Å². The van der Waals surface area contributed by atoms with E-state index in [2.05, 4.69) is 26.0 Å². The third-order valence-corrected chi connectivity index (χ3v) is 3.77. The Bertz CT molecular complexity index is 295. The van der Waals surface area contributed by atoms with Crippen LogP contribution in [0.25, 0.3) is 0 Å². The number of nitrogens with two attached hydrogens (primary N) is 1. The average molecular weight is 225 g/mol. The zero-order valence-electron chi connectivity index (χ0n) is 9.62. The topological polar surface area (TPSA) is 35.2 Å². The molecule has 2 N–H and O–H groups in total. The number of thioether (sulfide) groups is 1. The smallest absolute Gasteiger partial charge is 0.118 e. The molecule has 0 fully saturated rings. The summed E-state index contributed by atoms with van der Waals surface area (Å²) < 4.78 is 5.11. The standard InChI is InChI=1S/C12H19NOS/c1-12(2,8-13)9-15-11-6-4-10(14-3)5-7-11/h4-7H,8-9,13H2,1-3H3. The van der Waals surface area contributed by atoms with Crippen LogP contribution in [0.1, 0.15) is 13.8 Å². The molecule has 15 heavy (non-hydrogen) atoms. The maximum atomic E-state index is 5.68. The summed E-state index contributed by atoms with van der Waals surface area (Å²) in [5.41, 5.74) is 5.88. The molecule has 0 aliphatic carbocycles. The Morgan fingerprint density at radius 3 is 2.33 bits per heavy atom. The van der Waals surface area contributed by atoms with E-state index in [1.165, 1.54) is 4.90 Å². The lowest BCUT2D eigenvalue weighted by Gasteiger charge is -2.21.